The van der Waals surface area contributed by atoms with Gasteiger partial charge in [0, 0.05) is 11.6 Å². The summed E-state index contributed by atoms with van der Waals surface area (Å²) in [7, 11) is 0. The predicted molar refractivity (Wildman–Crippen MR) is 66.0 cm³/mol. The SMILES string of the molecule is CCOC(=O)n1cc(C=O)c(=O)c2ccccc21. The van der Waals surface area contributed by atoms with Crippen molar-refractivity contribution in [3.63, 3.8) is 0 Å². The van der Waals surface area contributed by atoms with Crippen molar-refractivity contribution in [3.05, 3.63) is 46.2 Å². The number of aldehydes is 1. The Labute approximate surface area is 103 Å². The highest BCUT2D eigenvalue weighted by atomic mass is 16.5. The second kappa shape index (κ2) is 4.83. The van der Waals surface area contributed by atoms with E-state index in [9.17, 15) is 14.4 Å². The van der Waals surface area contributed by atoms with Gasteiger partial charge in [0.15, 0.2) is 11.7 Å². The molecule has 0 saturated carbocycles. The fraction of sp³-hybridized carbons (Fsp3) is 0.154. The molecule has 0 radical (unpaired) electrons. The van der Waals surface area contributed by atoms with Crippen LogP contribution >= 0.6 is 0 Å². The van der Waals surface area contributed by atoms with E-state index >= 15 is 0 Å². The van der Waals surface area contributed by atoms with Gasteiger partial charge in [0.2, 0.25) is 0 Å². The van der Waals surface area contributed by atoms with Crippen LogP contribution in [0.2, 0.25) is 0 Å². The standard InChI is InChI=1S/C13H11NO4/c1-2-18-13(17)14-7-9(8-15)12(16)10-5-3-4-6-11(10)14/h3-8H,2H2,1H3. The summed E-state index contributed by atoms with van der Waals surface area (Å²) in [6, 6.07) is 6.58. The van der Waals surface area contributed by atoms with Crippen molar-refractivity contribution in [2.75, 3.05) is 6.61 Å². The average molecular weight is 245 g/mol. The largest absolute Gasteiger partial charge is 0.449 e. The maximum Gasteiger partial charge on any atom is 0.418 e. The van der Waals surface area contributed by atoms with Gasteiger partial charge in [-0.2, -0.15) is 0 Å². The van der Waals surface area contributed by atoms with E-state index in [1.807, 2.05) is 0 Å². The Kier molecular flexibility index (Phi) is 3.23. The van der Waals surface area contributed by atoms with Crippen LogP contribution in [0.25, 0.3) is 10.9 Å². The molecule has 0 N–H and O–H groups in total. The fourth-order valence-corrected chi connectivity index (χ4v) is 1.73. The molecule has 0 amide bonds. The van der Waals surface area contributed by atoms with Crippen molar-refractivity contribution in [1.82, 2.24) is 4.57 Å². The van der Waals surface area contributed by atoms with Crippen LogP contribution in [0.15, 0.2) is 35.3 Å². The van der Waals surface area contributed by atoms with Crippen LogP contribution in [0.1, 0.15) is 17.3 Å². The van der Waals surface area contributed by atoms with E-state index in [-0.39, 0.29) is 17.6 Å². The molecule has 0 aliphatic carbocycles. The number of hydrogen-bond acceptors (Lipinski definition) is 4. The Bertz CT molecular complexity index is 672. The number of ether oxygens (including phenoxy) is 1. The summed E-state index contributed by atoms with van der Waals surface area (Å²) in [5.74, 6) is 0. The third-order valence-electron chi connectivity index (χ3n) is 2.53. The fourth-order valence-electron chi connectivity index (χ4n) is 1.73. The molecule has 2 aromatic rings. The molecule has 1 aromatic carbocycles. The van der Waals surface area contributed by atoms with Gasteiger partial charge >= 0.3 is 6.09 Å². The highest BCUT2D eigenvalue weighted by Gasteiger charge is 2.13. The first-order valence-electron chi connectivity index (χ1n) is 5.45. The summed E-state index contributed by atoms with van der Waals surface area (Å²) in [4.78, 5) is 34.5. The Morgan fingerprint density at radius 3 is 2.78 bits per heavy atom. The van der Waals surface area contributed by atoms with Gasteiger partial charge in [-0.15, -0.1) is 0 Å². The average Bonchev–Trinajstić information content (AvgIpc) is 2.40. The minimum Gasteiger partial charge on any atom is -0.449 e. The maximum absolute atomic E-state index is 11.9. The summed E-state index contributed by atoms with van der Waals surface area (Å²) in [5.41, 5.74) is -0.0329. The molecule has 0 saturated heterocycles. The second-order valence-electron chi connectivity index (χ2n) is 3.62. The first-order chi connectivity index (χ1) is 8.69. The summed E-state index contributed by atoms with van der Waals surface area (Å²) in [6.45, 7) is 1.90. The summed E-state index contributed by atoms with van der Waals surface area (Å²) in [5, 5.41) is 0.315. The smallest absolute Gasteiger partial charge is 0.418 e. The van der Waals surface area contributed by atoms with Gasteiger partial charge in [0.1, 0.15) is 0 Å². The molecule has 0 fully saturated rings. The van der Waals surface area contributed by atoms with E-state index in [0.717, 1.165) is 0 Å². The molecule has 0 aliphatic rings. The predicted octanol–water partition coefficient (Wildman–Crippen LogP) is 1.82. The van der Waals surface area contributed by atoms with Crippen molar-refractivity contribution in [1.29, 1.82) is 0 Å². The molecule has 18 heavy (non-hydrogen) atoms. The van der Waals surface area contributed by atoms with Crippen molar-refractivity contribution in [2.45, 2.75) is 6.92 Å². The molecule has 1 aromatic heterocycles. The Morgan fingerprint density at radius 2 is 2.11 bits per heavy atom. The van der Waals surface area contributed by atoms with Crippen molar-refractivity contribution >= 4 is 23.3 Å². The number of para-hydroxylation sites is 1. The molecule has 0 bridgehead atoms. The topological polar surface area (TPSA) is 65.4 Å². The van der Waals surface area contributed by atoms with Gasteiger partial charge in [-0.05, 0) is 19.1 Å². The Hall–Kier alpha value is -2.43. The lowest BCUT2D eigenvalue weighted by Gasteiger charge is -2.09. The molecule has 1 heterocycles. The Morgan fingerprint density at radius 1 is 1.39 bits per heavy atom. The van der Waals surface area contributed by atoms with Crippen LogP contribution in [0, 0.1) is 0 Å². The van der Waals surface area contributed by atoms with Crippen LogP contribution < -0.4 is 5.43 Å². The number of benzene rings is 1. The minimum atomic E-state index is -0.614. The molecule has 5 heteroatoms. The van der Waals surface area contributed by atoms with Gasteiger partial charge in [-0.1, -0.05) is 12.1 Å². The molecule has 0 spiro atoms. The lowest BCUT2D eigenvalue weighted by atomic mass is 10.1. The summed E-state index contributed by atoms with van der Waals surface area (Å²) < 4.78 is 6.05. The van der Waals surface area contributed by atoms with E-state index in [0.29, 0.717) is 17.2 Å². The minimum absolute atomic E-state index is 0.0678. The number of aromatic nitrogens is 1. The number of fused-ring (bicyclic) bond motifs is 1. The quantitative estimate of drug-likeness (QED) is 0.757. The number of hydrogen-bond donors (Lipinski definition) is 0. The van der Waals surface area contributed by atoms with Crippen molar-refractivity contribution < 1.29 is 14.3 Å². The lowest BCUT2D eigenvalue weighted by molar-refractivity contribution is 0.112. The third kappa shape index (κ3) is 1.90. The molecule has 0 unspecified atom stereocenters. The van der Waals surface area contributed by atoms with E-state index in [2.05, 4.69) is 0 Å². The number of pyridine rings is 1. The molecule has 5 nitrogen and oxygen atoms in total. The molecule has 92 valence electrons. The van der Waals surface area contributed by atoms with Crippen LogP contribution in [-0.4, -0.2) is 23.6 Å². The van der Waals surface area contributed by atoms with Crippen LogP contribution in [0.3, 0.4) is 0 Å². The highest BCUT2D eigenvalue weighted by molar-refractivity contribution is 5.92. The zero-order chi connectivity index (χ0) is 13.1. The number of carbonyl (C=O) groups is 2. The zero-order valence-corrected chi connectivity index (χ0v) is 9.75. The first-order valence-corrected chi connectivity index (χ1v) is 5.45. The monoisotopic (exact) mass is 245 g/mol. The van der Waals surface area contributed by atoms with E-state index < -0.39 is 6.09 Å². The molecule has 2 rings (SSSR count). The van der Waals surface area contributed by atoms with Gasteiger partial charge in [-0.25, -0.2) is 4.79 Å². The van der Waals surface area contributed by atoms with Crippen LogP contribution in [0.4, 0.5) is 4.79 Å². The van der Waals surface area contributed by atoms with Crippen LogP contribution in [0.5, 0.6) is 0 Å². The third-order valence-corrected chi connectivity index (χ3v) is 2.53. The highest BCUT2D eigenvalue weighted by Crippen LogP contribution is 2.11. The lowest BCUT2D eigenvalue weighted by Crippen LogP contribution is -2.20. The number of nitrogens with zero attached hydrogens (tertiary/aromatic N) is 1. The summed E-state index contributed by atoms with van der Waals surface area (Å²) in [6.07, 6.45) is 1.02. The van der Waals surface area contributed by atoms with Crippen LogP contribution in [-0.2, 0) is 4.74 Å². The molecular formula is C13H11NO4. The molecular weight excluding hydrogens is 234 g/mol. The molecule has 0 atom stereocenters. The van der Waals surface area contributed by atoms with Crippen molar-refractivity contribution in [2.24, 2.45) is 0 Å². The van der Waals surface area contributed by atoms with Crippen molar-refractivity contribution in [3.8, 4) is 0 Å². The number of carbonyl (C=O) groups excluding carboxylic acids is 2. The maximum atomic E-state index is 11.9. The summed E-state index contributed by atoms with van der Waals surface area (Å²) >= 11 is 0. The first kappa shape index (κ1) is 12.0. The van der Waals surface area contributed by atoms with E-state index in [4.69, 9.17) is 4.74 Å². The van der Waals surface area contributed by atoms with E-state index in [1.165, 1.54) is 10.8 Å². The zero-order valence-electron chi connectivity index (χ0n) is 9.75. The Balaban J connectivity index is 2.80. The number of rotatable bonds is 2. The molecule has 0 aliphatic heterocycles. The van der Waals surface area contributed by atoms with Gasteiger partial charge in [0.05, 0.1) is 17.7 Å². The van der Waals surface area contributed by atoms with Gasteiger partial charge < -0.3 is 4.74 Å². The normalized spacial score (nSPS) is 10.3. The van der Waals surface area contributed by atoms with Gasteiger partial charge in [0.25, 0.3) is 0 Å². The van der Waals surface area contributed by atoms with E-state index in [1.54, 1.807) is 31.2 Å². The second-order valence-corrected chi connectivity index (χ2v) is 3.62. The van der Waals surface area contributed by atoms with Gasteiger partial charge in [-0.3, -0.25) is 14.2 Å².